The Morgan fingerprint density at radius 2 is 1.04 bits per heavy atom. The number of likely N-dealkylation sites (tertiary alicyclic amines) is 2. The van der Waals surface area contributed by atoms with Crippen molar-refractivity contribution >= 4 is 35.3 Å². The van der Waals surface area contributed by atoms with E-state index in [1.54, 1.807) is 11.3 Å². The largest absolute Gasteiger partial charge is 0.453 e. The van der Waals surface area contributed by atoms with E-state index in [0.29, 0.717) is 24.9 Å². The number of nitrogens with zero attached hydrogens (tertiary/aromatic N) is 4. The first-order valence-corrected chi connectivity index (χ1v) is 29.1. The number of nitrogens with one attached hydrogen (secondary N) is 4. The number of aromatic nitrogens is 4. The molecular weight excluding hydrogens is 965 g/mol. The van der Waals surface area contributed by atoms with Gasteiger partial charge < -0.3 is 44.6 Å². The molecule has 4 unspecified atom stereocenters. The van der Waals surface area contributed by atoms with Gasteiger partial charge in [-0.15, -0.1) is 11.3 Å². The van der Waals surface area contributed by atoms with Crippen molar-refractivity contribution < 1.29 is 33.4 Å². The summed E-state index contributed by atoms with van der Waals surface area (Å²) in [5.74, 6) is 2.74. The van der Waals surface area contributed by atoms with Crippen molar-refractivity contribution in [1.29, 1.82) is 0 Å². The van der Waals surface area contributed by atoms with E-state index in [2.05, 4.69) is 57.0 Å². The molecule has 8 aliphatic rings. The van der Waals surface area contributed by atoms with Crippen LogP contribution in [0.4, 0.5) is 9.59 Å². The van der Waals surface area contributed by atoms with Crippen molar-refractivity contribution in [3.05, 3.63) is 82.7 Å². The van der Waals surface area contributed by atoms with Crippen molar-refractivity contribution in [3.63, 3.8) is 0 Å². The van der Waals surface area contributed by atoms with E-state index < -0.39 is 24.3 Å². The third kappa shape index (κ3) is 8.65. The molecule has 4 N–H and O–H groups in total. The van der Waals surface area contributed by atoms with Gasteiger partial charge in [0.25, 0.3) is 0 Å². The molecule has 6 fully saturated rings. The van der Waals surface area contributed by atoms with Crippen LogP contribution in [-0.2, 0) is 23.8 Å². The zero-order chi connectivity index (χ0) is 50.9. The summed E-state index contributed by atoms with van der Waals surface area (Å²) in [4.78, 5) is 77.1. The molecule has 15 nitrogen and oxygen atoms in total. The highest BCUT2D eigenvalue weighted by Gasteiger charge is 2.46. The molecule has 8 atom stereocenters. The van der Waals surface area contributed by atoms with E-state index in [1.165, 1.54) is 77.3 Å². The summed E-state index contributed by atoms with van der Waals surface area (Å²) in [5, 5.41) is 5.85. The number of benzene rings is 2. The van der Waals surface area contributed by atoms with Crippen molar-refractivity contribution in [2.24, 2.45) is 11.8 Å². The summed E-state index contributed by atoms with van der Waals surface area (Å²) >= 11 is 1.80. The second kappa shape index (κ2) is 20.2. The number of hydrogen-bond acceptors (Lipinski definition) is 10. The predicted molar refractivity (Wildman–Crippen MR) is 285 cm³/mol. The molecule has 7 heterocycles. The topological polar surface area (TPSA) is 184 Å². The summed E-state index contributed by atoms with van der Waals surface area (Å²) in [6.45, 7) is 1.26. The van der Waals surface area contributed by atoms with E-state index in [-0.39, 0.29) is 47.9 Å². The van der Waals surface area contributed by atoms with Crippen LogP contribution in [-0.4, -0.2) is 93.1 Å². The fourth-order valence-corrected chi connectivity index (χ4v) is 16.3. The van der Waals surface area contributed by atoms with Gasteiger partial charge >= 0.3 is 12.2 Å². The second-order valence-electron chi connectivity index (χ2n) is 22.8. The minimum absolute atomic E-state index is 0.0208. The molecule has 4 aliphatic heterocycles. The van der Waals surface area contributed by atoms with Crippen LogP contribution in [0.1, 0.15) is 192 Å². The molecule has 75 heavy (non-hydrogen) atoms. The van der Waals surface area contributed by atoms with Gasteiger partial charge in [0.15, 0.2) is 0 Å². The van der Waals surface area contributed by atoms with Crippen LogP contribution in [0.3, 0.4) is 0 Å². The highest BCUT2D eigenvalue weighted by Crippen LogP contribution is 2.62. The zero-order valence-electron chi connectivity index (χ0n) is 43.3. The molecule has 3 aromatic heterocycles. The van der Waals surface area contributed by atoms with Crippen LogP contribution < -0.4 is 10.6 Å². The Hall–Kier alpha value is -6.00. The lowest BCUT2D eigenvalue weighted by Gasteiger charge is -2.34. The van der Waals surface area contributed by atoms with Crippen molar-refractivity contribution in [2.45, 2.75) is 170 Å². The molecule has 4 amide bonds. The number of ether oxygens (including phenoxy) is 3. The van der Waals surface area contributed by atoms with Crippen LogP contribution in [0, 0.1) is 11.8 Å². The summed E-state index contributed by atoms with van der Waals surface area (Å²) in [5.41, 5.74) is 12.6. The van der Waals surface area contributed by atoms with E-state index in [1.807, 2.05) is 22.2 Å². The van der Waals surface area contributed by atoms with Crippen molar-refractivity contribution in [1.82, 2.24) is 40.4 Å². The maximum Gasteiger partial charge on any atom is 0.407 e. The van der Waals surface area contributed by atoms with Crippen LogP contribution in [0.5, 0.6) is 0 Å². The number of hydrogen-bond donors (Lipinski definition) is 4. The monoisotopic (exact) mass is 1030 g/mol. The summed E-state index contributed by atoms with van der Waals surface area (Å²) in [6, 6.07) is 12.3. The lowest BCUT2D eigenvalue weighted by Crippen LogP contribution is -2.52. The number of rotatable bonds is 12. The van der Waals surface area contributed by atoms with E-state index in [9.17, 15) is 19.2 Å². The van der Waals surface area contributed by atoms with Gasteiger partial charge in [-0.1, -0.05) is 62.8 Å². The average molecular weight is 1040 g/mol. The van der Waals surface area contributed by atoms with Gasteiger partial charge in [-0.3, -0.25) is 9.59 Å². The molecule has 3 saturated carbocycles. The third-order valence-electron chi connectivity index (χ3n) is 18.8. The molecule has 5 aromatic rings. The van der Waals surface area contributed by atoms with Gasteiger partial charge in [0.1, 0.15) is 23.7 Å². The van der Waals surface area contributed by atoms with Gasteiger partial charge in [-0.25, -0.2) is 19.6 Å². The lowest BCUT2D eigenvalue weighted by atomic mass is 9.78. The first-order chi connectivity index (χ1) is 36.7. The molecule has 0 radical (unpaired) electrons. The van der Waals surface area contributed by atoms with Gasteiger partial charge in [0.05, 0.1) is 67.2 Å². The standard InChI is InChI=1S/C59H70N8O7S/c1-72-58(70)64-52(32-11-5-3-6-12-32)56(68)66-27-9-15-42(66)54-60-30-40(62-54)38-21-19-37(50-44-23-24-45(74-44)51(38)50)36-20-22-39(49-35-18-17-34(29-35)48(36)49)46-25-26-47(75-46)41-31-61-55(63-41)43-16-10-28-67(43)57(69)53(65-59(71)73-2)33-13-7-4-8-14-33/h19-22,25-26,30-35,42-45,52-53H,3-18,23-24,27-29H2,1-2H3,(H,60,62)(H,61,63)(H,64,70)(H,65,71)/t34?,35?,42-,43-,44?,45?,52-,53-/m0/s1. The second-order valence-corrected chi connectivity index (χ2v) is 23.9. The Morgan fingerprint density at radius 3 is 1.61 bits per heavy atom. The quantitative estimate of drug-likeness (QED) is 0.0944. The maximum absolute atomic E-state index is 14.4. The highest BCUT2D eigenvalue weighted by atomic mass is 32.1. The van der Waals surface area contributed by atoms with Crippen molar-refractivity contribution in [2.75, 3.05) is 27.3 Å². The number of carbonyl (C=O) groups excluding carboxylic acids is 4. The van der Waals surface area contributed by atoms with Crippen LogP contribution in [0.25, 0.3) is 43.4 Å². The minimum Gasteiger partial charge on any atom is -0.453 e. The minimum atomic E-state index is -0.611. The molecular formula is C59H70N8O7S. The summed E-state index contributed by atoms with van der Waals surface area (Å²) in [6.07, 6.45) is 22.1. The summed E-state index contributed by atoms with van der Waals surface area (Å²) < 4.78 is 16.8. The molecule has 394 valence electrons. The third-order valence-corrected chi connectivity index (χ3v) is 19.9. The molecule has 13 rings (SSSR count). The molecule has 4 bridgehead atoms. The first-order valence-electron chi connectivity index (χ1n) is 28.2. The Balaban J connectivity index is 0.770. The smallest absolute Gasteiger partial charge is 0.407 e. The number of carbonyl (C=O) groups is 4. The number of aromatic amines is 2. The predicted octanol–water partition coefficient (Wildman–Crippen LogP) is 12.1. The molecule has 16 heteroatoms. The zero-order valence-corrected chi connectivity index (χ0v) is 44.1. The van der Waals surface area contributed by atoms with Crippen LogP contribution >= 0.6 is 11.3 Å². The fraction of sp³-hybridized carbons (Fsp3) is 0.559. The van der Waals surface area contributed by atoms with Crippen LogP contribution in [0.2, 0.25) is 0 Å². The van der Waals surface area contributed by atoms with Crippen LogP contribution in [0.15, 0.2) is 48.8 Å². The Bertz CT molecular complexity index is 3000. The molecule has 0 spiro atoms. The summed E-state index contributed by atoms with van der Waals surface area (Å²) in [7, 11) is 2.71. The van der Waals surface area contributed by atoms with Gasteiger partial charge in [0, 0.05) is 23.5 Å². The Labute approximate surface area is 442 Å². The number of fused-ring (bicyclic) bond motifs is 10. The number of imidazole rings is 2. The lowest BCUT2D eigenvalue weighted by molar-refractivity contribution is -0.136. The average Bonchev–Trinajstić information content (AvgIpc) is 4.31. The SMILES string of the molecule is COC(=O)N[C@H](C(=O)N1CCC[C@H]1c1ncc(-c2ccc(-c3ccc(-c4ccc(-c5cnc([C@@H]6CCCN6C(=O)[C@@H](NC(=O)OC)C6CCCCC6)[nH]5)c5c4C4CCC5O4)c4c3C3CCC4C3)s2)[nH]1)C1CCCCC1. The number of methoxy groups -OCH3 is 2. The van der Waals surface area contributed by atoms with Crippen molar-refractivity contribution in [3.8, 4) is 43.4 Å². The molecule has 4 aliphatic carbocycles. The first kappa shape index (κ1) is 48.6. The molecule has 3 saturated heterocycles. The van der Waals surface area contributed by atoms with E-state index in [4.69, 9.17) is 24.2 Å². The highest BCUT2D eigenvalue weighted by molar-refractivity contribution is 7.18. The normalized spacial score (nSPS) is 25.8. The maximum atomic E-state index is 14.4. The van der Waals surface area contributed by atoms with Gasteiger partial charge in [-0.2, -0.15) is 0 Å². The Morgan fingerprint density at radius 1 is 0.560 bits per heavy atom. The van der Waals surface area contributed by atoms with E-state index >= 15 is 0 Å². The fourth-order valence-electron chi connectivity index (χ4n) is 15.3. The number of thiophene rings is 1. The Kier molecular flexibility index (Phi) is 13.1. The van der Waals surface area contributed by atoms with E-state index in [0.717, 1.165) is 136 Å². The van der Waals surface area contributed by atoms with Gasteiger partial charge in [0.2, 0.25) is 11.8 Å². The number of amides is 4. The van der Waals surface area contributed by atoms with Gasteiger partial charge in [-0.05, 0) is 158 Å². The number of alkyl carbamates (subject to hydrolysis) is 2. The molecule has 2 aromatic carbocycles. The number of H-pyrrole nitrogens is 2.